The van der Waals surface area contributed by atoms with Gasteiger partial charge in [-0.1, -0.05) is 12.1 Å². The van der Waals surface area contributed by atoms with Gasteiger partial charge >= 0.3 is 0 Å². The van der Waals surface area contributed by atoms with Gasteiger partial charge in [-0.05, 0) is 30.5 Å². The molecule has 0 N–H and O–H groups in total. The molecule has 1 aromatic rings. The number of likely N-dealkylation sites (N-methyl/N-ethyl adjacent to an activating group) is 1. The molecule has 3 rings (SSSR count). The molecule has 2 saturated heterocycles. The first-order valence-corrected chi connectivity index (χ1v) is 7.78. The number of rotatable bonds is 3. The number of carbonyl (C=O) groups is 2. The van der Waals surface area contributed by atoms with E-state index in [9.17, 15) is 9.59 Å². The summed E-state index contributed by atoms with van der Waals surface area (Å²) < 4.78 is 5.13. The first kappa shape index (κ1) is 14.9. The van der Waals surface area contributed by atoms with Crippen LogP contribution in [0.1, 0.15) is 24.8 Å². The molecule has 0 saturated carbocycles. The van der Waals surface area contributed by atoms with Gasteiger partial charge in [0.1, 0.15) is 5.75 Å². The van der Waals surface area contributed by atoms with Crippen LogP contribution in [0.2, 0.25) is 0 Å². The molecule has 2 aliphatic heterocycles. The lowest BCUT2D eigenvalue weighted by molar-refractivity contribution is -0.140. The van der Waals surface area contributed by atoms with Crippen LogP contribution in [0.15, 0.2) is 24.3 Å². The van der Waals surface area contributed by atoms with Crippen molar-refractivity contribution >= 4 is 11.8 Å². The van der Waals surface area contributed by atoms with E-state index in [0.717, 1.165) is 30.7 Å². The molecule has 5 nitrogen and oxygen atoms in total. The lowest BCUT2D eigenvalue weighted by Crippen LogP contribution is -2.51. The van der Waals surface area contributed by atoms with Crippen LogP contribution in [0, 0.1) is 0 Å². The number of methoxy groups -OCH3 is 1. The molecule has 0 radical (unpaired) electrons. The van der Waals surface area contributed by atoms with Crippen LogP contribution < -0.4 is 4.74 Å². The fourth-order valence-electron chi connectivity index (χ4n) is 3.60. The highest BCUT2D eigenvalue weighted by atomic mass is 16.5. The molecule has 2 heterocycles. The van der Waals surface area contributed by atoms with Crippen molar-refractivity contribution in [3.05, 3.63) is 29.8 Å². The minimum Gasteiger partial charge on any atom is -0.497 e. The largest absolute Gasteiger partial charge is 0.497 e. The van der Waals surface area contributed by atoms with Gasteiger partial charge in [-0.25, -0.2) is 0 Å². The molecule has 2 fully saturated rings. The second-order valence-corrected chi connectivity index (χ2v) is 6.08. The minimum absolute atomic E-state index is 0.153. The van der Waals surface area contributed by atoms with E-state index in [4.69, 9.17) is 4.74 Å². The van der Waals surface area contributed by atoms with Crippen molar-refractivity contribution in [1.29, 1.82) is 0 Å². The first-order valence-electron chi connectivity index (χ1n) is 7.78. The van der Waals surface area contributed by atoms with E-state index in [1.807, 2.05) is 41.1 Å². The Morgan fingerprint density at radius 2 is 1.95 bits per heavy atom. The predicted octanol–water partition coefficient (Wildman–Crippen LogP) is 1.46. The number of fused-ring (bicyclic) bond motifs is 1. The van der Waals surface area contributed by atoms with Gasteiger partial charge in [0.2, 0.25) is 11.8 Å². The Morgan fingerprint density at radius 1 is 1.23 bits per heavy atom. The van der Waals surface area contributed by atoms with Gasteiger partial charge in [-0.2, -0.15) is 0 Å². The number of hydrogen-bond donors (Lipinski definition) is 0. The van der Waals surface area contributed by atoms with Crippen molar-refractivity contribution in [2.24, 2.45) is 0 Å². The molecule has 0 unspecified atom stereocenters. The van der Waals surface area contributed by atoms with Gasteiger partial charge in [0, 0.05) is 20.0 Å². The molecule has 0 aliphatic carbocycles. The van der Waals surface area contributed by atoms with Crippen molar-refractivity contribution in [2.45, 2.75) is 37.8 Å². The topological polar surface area (TPSA) is 49.9 Å². The van der Waals surface area contributed by atoms with Gasteiger partial charge in [0.25, 0.3) is 0 Å². The number of ether oxygens (including phenoxy) is 1. The first-order chi connectivity index (χ1) is 10.6. The van der Waals surface area contributed by atoms with E-state index in [1.54, 1.807) is 7.11 Å². The van der Waals surface area contributed by atoms with E-state index >= 15 is 0 Å². The highest BCUT2D eigenvalue weighted by Gasteiger charge is 2.43. The number of likely N-dealkylation sites (tertiary alicyclic amines) is 2. The normalized spacial score (nSPS) is 24.4. The van der Waals surface area contributed by atoms with Crippen LogP contribution in [-0.2, 0) is 16.0 Å². The van der Waals surface area contributed by atoms with Gasteiger partial charge in [0.15, 0.2) is 0 Å². The van der Waals surface area contributed by atoms with E-state index in [0.29, 0.717) is 12.8 Å². The molecule has 2 aliphatic rings. The van der Waals surface area contributed by atoms with Crippen molar-refractivity contribution in [2.75, 3.05) is 20.7 Å². The summed E-state index contributed by atoms with van der Waals surface area (Å²) in [5.74, 6) is 1.15. The third-order valence-electron chi connectivity index (χ3n) is 4.89. The third kappa shape index (κ3) is 2.67. The van der Waals surface area contributed by atoms with Crippen LogP contribution in [0.4, 0.5) is 0 Å². The van der Waals surface area contributed by atoms with Crippen molar-refractivity contribution in [3.8, 4) is 5.75 Å². The summed E-state index contributed by atoms with van der Waals surface area (Å²) in [6.07, 6.45) is 2.64. The Kier molecular flexibility index (Phi) is 4.05. The average Bonchev–Trinajstić information content (AvgIpc) is 2.96. The Balaban J connectivity index is 1.66. The lowest BCUT2D eigenvalue weighted by Gasteiger charge is -2.37. The van der Waals surface area contributed by atoms with E-state index in [1.165, 1.54) is 0 Å². The van der Waals surface area contributed by atoms with Crippen LogP contribution in [-0.4, -0.2) is 54.4 Å². The Morgan fingerprint density at radius 3 is 2.64 bits per heavy atom. The maximum absolute atomic E-state index is 12.6. The molecule has 2 amide bonds. The number of hydrogen-bond acceptors (Lipinski definition) is 3. The van der Waals surface area contributed by atoms with Crippen molar-refractivity contribution in [1.82, 2.24) is 9.80 Å². The average molecular weight is 302 g/mol. The maximum Gasteiger partial charge on any atom is 0.227 e. The SMILES string of the molecule is COc1ccc(CC(=O)N2CC[C@H]3[C@@H]2CCC(=O)N3C)cc1. The summed E-state index contributed by atoms with van der Waals surface area (Å²) in [7, 11) is 3.49. The number of benzene rings is 1. The van der Waals surface area contributed by atoms with Gasteiger partial charge in [0.05, 0.1) is 25.6 Å². The zero-order valence-electron chi connectivity index (χ0n) is 13.1. The molecule has 0 bridgehead atoms. The molecular weight excluding hydrogens is 280 g/mol. The molecule has 0 aromatic heterocycles. The molecule has 2 atom stereocenters. The zero-order chi connectivity index (χ0) is 15.7. The summed E-state index contributed by atoms with van der Waals surface area (Å²) in [6.45, 7) is 0.752. The fraction of sp³-hybridized carbons (Fsp3) is 0.529. The fourth-order valence-corrected chi connectivity index (χ4v) is 3.60. The number of carbonyl (C=O) groups excluding carboxylic acids is 2. The van der Waals surface area contributed by atoms with Crippen LogP contribution in [0.3, 0.4) is 0 Å². The summed E-state index contributed by atoms with van der Waals surface area (Å²) in [5.41, 5.74) is 0.995. The highest BCUT2D eigenvalue weighted by molar-refractivity contribution is 5.81. The predicted molar refractivity (Wildman–Crippen MR) is 82.6 cm³/mol. The highest BCUT2D eigenvalue weighted by Crippen LogP contribution is 2.30. The Bertz CT molecular complexity index is 570. The number of amides is 2. The van der Waals surface area contributed by atoms with E-state index in [-0.39, 0.29) is 23.9 Å². The summed E-state index contributed by atoms with van der Waals surface area (Å²) in [6, 6.07) is 8.00. The number of nitrogens with zero attached hydrogens (tertiary/aromatic N) is 2. The Labute approximate surface area is 130 Å². The molecule has 22 heavy (non-hydrogen) atoms. The van der Waals surface area contributed by atoms with E-state index < -0.39 is 0 Å². The number of piperidine rings is 1. The standard InChI is InChI=1S/C17H22N2O3/c1-18-14-9-10-19(15(14)7-8-16(18)20)17(21)11-12-3-5-13(22-2)6-4-12/h3-6,14-15H,7-11H2,1-2H3/t14-,15-/m0/s1. The second-order valence-electron chi connectivity index (χ2n) is 6.08. The van der Waals surface area contributed by atoms with Crippen molar-refractivity contribution in [3.63, 3.8) is 0 Å². The quantitative estimate of drug-likeness (QED) is 0.849. The van der Waals surface area contributed by atoms with Crippen LogP contribution >= 0.6 is 0 Å². The van der Waals surface area contributed by atoms with Gasteiger partial charge < -0.3 is 14.5 Å². The van der Waals surface area contributed by atoms with Gasteiger partial charge in [-0.15, -0.1) is 0 Å². The molecule has 5 heteroatoms. The van der Waals surface area contributed by atoms with Crippen LogP contribution in [0.25, 0.3) is 0 Å². The minimum atomic E-state index is 0.153. The Hall–Kier alpha value is -2.04. The van der Waals surface area contributed by atoms with Crippen LogP contribution in [0.5, 0.6) is 5.75 Å². The lowest BCUT2D eigenvalue weighted by atomic mass is 9.97. The summed E-state index contributed by atoms with van der Waals surface area (Å²) in [5, 5.41) is 0. The van der Waals surface area contributed by atoms with Crippen molar-refractivity contribution < 1.29 is 14.3 Å². The zero-order valence-corrected chi connectivity index (χ0v) is 13.1. The smallest absolute Gasteiger partial charge is 0.227 e. The summed E-state index contributed by atoms with van der Waals surface area (Å²) in [4.78, 5) is 28.2. The van der Waals surface area contributed by atoms with Gasteiger partial charge in [-0.3, -0.25) is 9.59 Å². The maximum atomic E-state index is 12.6. The third-order valence-corrected chi connectivity index (χ3v) is 4.89. The molecular formula is C17H22N2O3. The molecule has 118 valence electrons. The molecule has 1 aromatic carbocycles. The van der Waals surface area contributed by atoms with E-state index in [2.05, 4.69) is 0 Å². The second kappa shape index (κ2) is 5.99. The summed E-state index contributed by atoms with van der Waals surface area (Å²) >= 11 is 0. The monoisotopic (exact) mass is 302 g/mol. The molecule has 0 spiro atoms.